The zero-order valence-electron chi connectivity index (χ0n) is 14.6. The highest BCUT2D eigenvalue weighted by Gasteiger charge is 2.08. The van der Waals surface area contributed by atoms with E-state index in [1.165, 1.54) is 0 Å². The first-order chi connectivity index (χ1) is 12.0. The fraction of sp³-hybridized carbons (Fsp3) is 0.263. The molecule has 0 atom stereocenters. The molecule has 6 nitrogen and oxygen atoms in total. The number of methoxy groups -OCH3 is 1. The van der Waals surface area contributed by atoms with Crippen molar-refractivity contribution in [2.45, 2.75) is 19.9 Å². The minimum Gasteiger partial charge on any atom is -0.497 e. The molecule has 132 valence electrons. The second kappa shape index (κ2) is 8.73. The molecule has 2 aromatic carbocycles. The van der Waals surface area contributed by atoms with Crippen molar-refractivity contribution in [2.75, 3.05) is 24.3 Å². The van der Waals surface area contributed by atoms with Gasteiger partial charge in [0.1, 0.15) is 5.75 Å². The van der Waals surface area contributed by atoms with Gasteiger partial charge in [0.2, 0.25) is 5.91 Å². The van der Waals surface area contributed by atoms with Gasteiger partial charge in [-0.3, -0.25) is 9.59 Å². The number of ether oxygens (including phenoxy) is 1. The summed E-state index contributed by atoms with van der Waals surface area (Å²) in [5.74, 6) is 0.412. The Balaban J connectivity index is 1.86. The molecule has 6 heteroatoms. The maximum absolute atomic E-state index is 12.0. The van der Waals surface area contributed by atoms with E-state index in [2.05, 4.69) is 16.0 Å². The Kier molecular flexibility index (Phi) is 6.39. The van der Waals surface area contributed by atoms with Crippen molar-refractivity contribution in [3.63, 3.8) is 0 Å². The van der Waals surface area contributed by atoms with E-state index in [-0.39, 0.29) is 24.4 Å². The van der Waals surface area contributed by atoms with Crippen molar-refractivity contribution >= 4 is 23.2 Å². The summed E-state index contributed by atoms with van der Waals surface area (Å²) in [6.07, 6.45) is 0. The van der Waals surface area contributed by atoms with Crippen LogP contribution in [-0.4, -0.2) is 31.5 Å². The Bertz CT molecular complexity index is 727. The quantitative estimate of drug-likeness (QED) is 0.723. The minimum absolute atomic E-state index is 0.0783. The Morgan fingerprint density at radius 1 is 1.04 bits per heavy atom. The SMILES string of the molecule is COc1cccc(NCC(=O)Nc2ccc(C(=O)NC(C)C)cc2)c1. The number of amides is 2. The van der Waals surface area contributed by atoms with Crippen molar-refractivity contribution < 1.29 is 14.3 Å². The Labute approximate surface area is 147 Å². The molecule has 25 heavy (non-hydrogen) atoms. The fourth-order valence-electron chi connectivity index (χ4n) is 2.17. The van der Waals surface area contributed by atoms with Gasteiger partial charge in [0.25, 0.3) is 5.91 Å². The molecular formula is C19H23N3O3. The number of benzene rings is 2. The van der Waals surface area contributed by atoms with E-state index in [1.807, 2.05) is 38.1 Å². The Hall–Kier alpha value is -3.02. The summed E-state index contributed by atoms with van der Waals surface area (Å²) >= 11 is 0. The molecule has 2 aromatic rings. The molecule has 0 aromatic heterocycles. The lowest BCUT2D eigenvalue weighted by Crippen LogP contribution is -2.30. The maximum atomic E-state index is 12.0. The third-order valence-electron chi connectivity index (χ3n) is 3.37. The van der Waals surface area contributed by atoms with Gasteiger partial charge in [-0.05, 0) is 50.2 Å². The third kappa shape index (κ3) is 5.84. The molecule has 0 radical (unpaired) electrons. The van der Waals surface area contributed by atoms with E-state index < -0.39 is 0 Å². The van der Waals surface area contributed by atoms with E-state index in [9.17, 15) is 9.59 Å². The first-order valence-corrected chi connectivity index (χ1v) is 8.06. The van der Waals surface area contributed by atoms with Gasteiger partial charge >= 0.3 is 0 Å². The molecule has 0 saturated heterocycles. The molecule has 0 spiro atoms. The number of nitrogens with one attached hydrogen (secondary N) is 3. The molecule has 3 N–H and O–H groups in total. The lowest BCUT2D eigenvalue weighted by Gasteiger charge is -2.10. The van der Waals surface area contributed by atoms with Crippen LogP contribution in [0.1, 0.15) is 24.2 Å². The van der Waals surface area contributed by atoms with Crippen molar-refractivity contribution in [3.05, 3.63) is 54.1 Å². The van der Waals surface area contributed by atoms with E-state index in [4.69, 9.17) is 4.74 Å². The number of hydrogen-bond donors (Lipinski definition) is 3. The van der Waals surface area contributed by atoms with Crippen LogP contribution in [-0.2, 0) is 4.79 Å². The van der Waals surface area contributed by atoms with E-state index in [0.29, 0.717) is 11.3 Å². The predicted octanol–water partition coefficient (Wildman–Crippen LogP) is 2.88. The van der Waals surface area contributed by atoms with Crippen LogP contribution in [0.25, 0.3) is 0 Å². The largest absolute Gasteiger partial charge is 0.497 e. The minimum atomic E-state index is -0.179. The monoisotopic (exact) mass is 341 g/mol. The molecule has 0 aliphatic rings. The number of carbonyl (C=O) groups excluding carboxylic acids is 2. The molecular weight excluding hydrogens is 318 g/mol. The van der Waals surface area contributed by atoms with Gasteiger partial charge in [-0.1, -0.05) is 6.07 Å². The van der Waals surface area contributed by atoms with E-state index >= 15 is 0 Å². The summed E-state index contributed by atoms with van der Waals surface area (Å²) in [5, 5.41) is 8.64. The van der Waals surface area contributed by atoms with Crippen LogP contribution in [0.4, 0.5) is 11.4 Å². The zero-order valence-corrected chi connectivity index (χ0v) is 14.6. The second-order valence-corrected chi connectivity index (χ2v) is 5.84. The highest BCUT2D eigenvalue weighted by Crippen LogP contribution is 2.16. The van der Waals surface area contributed by atoms with Gasteiger partial charge in [0.15, 0.2) is 0 Å². The average Bonchev–Trinajstić information content (AvgIpc) is 2.60. The summed E-state index contributed by atoms with van der Waals surface area (Å²) in [6, 6.07) is 14.2. The van der Waals surface area contributed by atoms with Crippen molar-refractivity contribution in [3.8, 4) is 5.75 Å². The van der Waals surface area contributed by atoms with Crippen LogP contribution in [0.2, 0.25) is 0 Å². The summed E-state index contributed by atoms with van der Waals surface area (Å²) < 4.78 is 5.14. The third-order valence-corrected chi connectivity index (χ3v) is 3.37. The molecule has 0 heterocycles. The molecule has 0 fully saturated rings. The van der Waals surface area contributed by atoms with Gasteiger partial charge in [0.05, 0.1) is 13.7 Å². The van der Waals surface area contributed by atoms with Crippen molar-refractivity contribution in [1.82, 2.24) is 5.32 Å². The first-order valence-electron chi connectivity index (χ1n) is 8.06. The highest BCUT2D eigenvalue weighted by atomic mass is 16.5. The lowest BCUT2D eigenvalue weighted by molar-refractivity contribution is -0.114. The molecule has 0 unspecified atom stereocenters. The van der Waals surface area contributed by atoms with Gasteiger partial charge < -0.3 is 20.7 Å². The van der Waals surface area contributed by atoms with Gasteiger partial charge in [-0.2, -0.15) is 0 Å². The first kappa shape index (κ1) is 18.3. The molecule has 2 amide bonds. The van der Waals surface area contributed by atoms with Gasteiger partial charge in [-0.25, -0.2) is 0 Å². The van der Waals surface area contributed by atoms with Crippen LogP contribution in [0, 0.1) is 0 Å². The number of rotatable bonds is 7. The van der Waals surface area contributed by atoms with Crippen LogP contribution in [0.3, 0.4) is 0 Å². The Morgan fingerprint density at radius 2 is 1.76 bits per heavy atom. The van der Waals surface area contributed by atoms with Crippen molar-refractivity contribution in [2.24, 2.45) is 0 Å². The Morgan fingerprint density at radius 3 is 2.40 bits per heavy atom. The molecule has 0 bridgehead atoms. The standard InChI is InChI=1S/C19H23N3O3/c1-13(2)21-19(24)14-7-9-15(10-8-14)22-18(23)12-20-16-5-4-6-17(11-16)25-3/h4-11,13,20H,12H2,1-3H3,(H,21,24)(H,22,23). The summed E-state index contributed by atoms with van der Waals surface area (Å²) in [7, 11) is 1.59. The summed E-state index contributed by atoms with van der Waals surface area (Å²) in [4.78, 5) is 23.9. The van der Waals surface area contributed by atoms with Crippen LogP contribution >= 0.6 is 0 Å². The smallest absolute Gasteiger partial charge is 0.251 e. The van der Waals surface area contributed by atoms with E-state index in [0.717, 1.165) is 11.4 Å². The topological polar surface area (TPSA) is 79.5 Å². The number of carbonyl (C=O) groups is 2. The summed E-state index contributed by atoms with van der Waals surface area (Å²) in [5.41, 5.74) is 2.00. The molecule has 0 saturated carbocycles. The average molecular weight is 341 g/mol. The van der Waals surface area contributed by atoms with Crippen molar-refractivity contribution in [1.29, 1.82) is 0 Å². The number of anilines is 2. The number of hydrogen-bond acceptors (Lipinski definition) is 4. The van der Waals surface area contributed by atoms with Crippen LogP contribution < -0.4 is 20.7 Å². The van der Waals surface area contributed by atoms with Gasteiger partial charge in [-0.15, -0.1) is 0 Å². The fourth-order valence-corrected chi connectivity index (χ4v) is 2.17. The molecule has 0 aliphatic heterocycles. The molecule has 0 aliphatic carbocycles. The lowest BCUT2D eigenvalue weighted by atomic mass is 10.2. The molecule has 2 rings (SSSR count). The zero-order chi connectivity index (χ0) is 18.2. The highest BCUT2D eigenvalue weighted by molar-refractivity contribution is 5.96. The van der Waals surface area contributed by atoms with Crippen LogP contribution in [0.15, 0.2) is 48.5 Å². The predicted molar refractivity (Wildman–Crippen MR) is 99.2 cm³/mol. The maximum Gasteiger partial charge on any atom is 0.251 e. The normalized spacial score (nSPS) is 10.2. The van der Waals surface area contributed by atoms with Crippen LogP contribution in [0.5, 0.6) is 5.75 Å². The van der Waals surface area contributed by atoms with E-state index in [1.54, 1.807) is 31.4 Å². The summed E-state index contributed by atoms with van der Waals surface area (Å²) in [6.45, 7) is 3.94. The second-order valence-electron chi connectivity index (χ2n) is 5.84. The van der Waals surface area contributed by atoms with Gasteiger partial charge in [0, 0.05) is 29.0 Å².